The first-order valence-electron chi connectivity index (χ1n) is 3.91. The van der Waals surface area contributed by atoms with Crippen molar-refractivity contribution in [3.8, 4) is 0 Å². The summed E-state index contributed by atoms with van der Waals surface area (Å²) in [6.45, 7) is 4.28. The van der Waals surface area contributed by atoms with Gasteiger partial charge in [-0.3, -0.25) is 0 Å². The van der Waals surface area contributed by atoms with Gasteiger partial charge in [-0.15, -0.1) is 6.58 Å². The van der Waals surface area contributed by atoms with Gasteiger partial charge in [-0.25, -0.2) is 4.79 Å². The second-order valence-electron chi connectivity index (χ2n) is 2.34. The van der Waals surface area contributed by atoms with Crippen molar-refractivity contribution in [1.29, 1.82) is 0 Å². The second kappa shape index (κ2) is 5.64. The molecule has 0 aliphatic rings. The Hall–Kier alpha value is -0.970. The van der Waals surface area contributed by atoms with Crippen LogP contribution < -0.4 is 5.32 Å². The Labute approximate surface area is 75.8 Å². The van der Waals surface area contributed by atoms with E-state index in [9.17, 15) is 13.6 Å². The molecule has 1 N–H and O–H groups in total. The number of carbonyl (C=O) groups excluding carboxylic acids is 1. The van der Waals surface area contributed by atoms with Gasteiger partial charge < -0.3 is 10.1 Å². The lowest BCUT2D eigenvalue weighted by Crippen LogP contribution is -2.41. The van der Waals surface area contributed by atoms with E-state index >= 15 is 0 Å². The van der Waals surface area contributed by atoms with Crippen molar-refractivity contribution in [3.63, 3.8) is 0 Å². The van der Waals surface area contributed by atoms with Crippen LogP contribution in [0.25, 0.3) is 0 Å². The van der Waals surface area contributed by atoms with E-state index in [1.54, 1.807) is 0 Å². The molecule has 0 heterocycles. The van der Waals surface area contributed by atoms with Gasteiger partial charge in [0, 0.05) is 6.54 Å². The van der Waals surface area contributed by atoms with Gasteiger partial charge in [-0.1, -0.05) is 6.08 Å². The van der Waals surface area contributed by atoms with Crippen LogP contribution in [0.3, 0.4) is 0 Å². The summed E-state index contributed by atoms with van der Waals surface area (Å²) >= 11 is 0. The van der Waals surface area contributed by atoms with Gasteiger partial charge in [0.25, 0.3) is 0 Å². The quantitative estimate of drug-likeness (QED) is 0.388. The van der Waals surface area contributed by atoms with Crippen LogP contribution in [0, 0.1) is 0 Å². The minimum Gasteiger partial charge on any atom is -0.462 e. The fourth-order valence-corrected chi connectivity index (χ4v) is 0.640. The molecule has 0 saturated carbocycles. The molecule has 0 radical (unpaired) electrons. The van der Waals surface area contributed by atoms with Crippen LogP contribution in [-0.2, 0) is 9.53 Å². The second-order valence-corrected chi connectivity index (χ2v) is 2.34. The molecular formula is C8H13F2NO2. The van der Waals surface area contributed by atoms with Crippen molar-refractivity contribution in [2.45, 2.75) is 12.8 Å². The van der Waals surface area contributed by atoms with E-state index in [1.165, 1.54) is 13.0 Å². The molecule has 3 nitrogen and oxygen atoms in total. The lowest BCUT2D eigenvalue weighted by Gasteiger charge is -2.14. The molecule has 0 aliphatic heterocycles. The van der Waals surface area contributed by atoms with Gasteiger partial charge in [0.2, 0.25) is 0 Å². The molecule has 0 saturated heterocycles. The number of rotatable bonds is 6. The van der Waals surface area contributed by atoms with E-state index in [1.807, 2.05) is 0 Å². The van der Waals surface area contributed by atoms with Crippen molar-refractivity contribution < 1.29 is 18.3 Å². The highest BCUT2D eigenvalue weighted by Gasteiger charge is 2.39. The average molecular weight is 193 g/mol. The number of ether oxygens (including phenoxy) is 1. The fourth-order valence-electron chi connectivity index (χ4n) is 0.640. The maximum absolute atomic E-state index is 12.8. The van der Waals surface area contributed by atoms with Gasteiger partial charge in [0.05, 0.1) is 13.2 Å². The van der Waals surface area contributed by atoms with Crippen LogP contribution >= 0.6 is 0 Å². The van der Waals surface area contributed by atoms with Gasteiger partial charge in [0.1, 0.15) is 0 Å². The minimum absolute atomic E-state index is 0.0458. The summed E-state index contributed by atoms with van der Waals surface area (Å²) in [5.41, 5.74) is 0. The monoisotopic (exact) mass is 193 g/mol. The van der Waals surface area contributed by atoms with E-state index in [2.05, 4.69) is 16.6 Å². The zero-order valence-electron chi connectivity index (χ0n) is 7.48. The number of carbonyl (C=O) groups is 1. The summed E-state index contributed by atoms with van der Waals surface area (Å²) in [4.78, 5) is 10.6. The third kappa shape index (κ3) is 4.57. The highest BCUT2D eigenvalue weighted by molar-refractivity contribution is 5.77. The van der Waals surface area contributed by atoms with Crippen molar-refractivity contribution in [2.75, 3.05) is 19.7 Å². The lowest BCUT2D eigenvalue weighted by atomic mass is 10.3. The Bertz CT molecular complexity index is 183. The number of halogens is 2. The number of nitrogens with one attached hydrogen (secondary N) is 1. The number of hydrogen-bond acceptors (Lipinski definition) is 3. The first-order valence-corrected chi connectivity index (χ1v) is 3.91. The molecule has 0 aromatic rings. The first kappa shape index (κ1) is 12.0. The summed E-state index contributed by atoms with van der Waals surface area (Å²) in [6, 6.07) is 0. The van der Waals surface area contributed by atoms with E-state index in [0.29, 0.717) is 0 Å². The highest BCUT2D eigenvalue weighted by atomic mass is 19.3. The molecular weight excluding hydrogens is 180 g/mol. The molecule has 0 fully saturated rings. The Balaban J connectivity index is 3.90. The van der Waals surface area contributed by atoms with E-state index in [-0.39, 0.29) is 13.2 Å². The SMILES string of the molecule is C=CCNCC(F)(F)C(=O)OCC. The third-order valence-electron chi connectivity index (χ3n) is 1.21. The molecule has 0 bridgehead atoms. The molecule has 0 unspecified atom stereocenters. The van der Waals surface area contributed by atoms with Crippen LogP contribution in [0.1, 0.15) is 6.92 Å². The summed E-state index contributed by atoms with van der Waals surface area (Å²) in [7, 11) is 0. The normalized spacial score (nSPS) is 11.0. The smallest absolute Gasteiger partial charge is 0.378 e. The average Bonchev–Trinajstić information content (AvgIpc) is 2.05. The van der Waals surface area contributed by atoms with Crippen LogP contribution in [0.15, 0.2) is 12.7 Å². The van der Waals surface area contributed by atoms with Crippen LogP contribution in [0.5, 0.6) is 0 Å². The molecule has 13 heavy (non-hydrogen) atoms. The Morgan fingerprint density at radius 3 is 2.77 bits per heavy atom. The van der Waals surface area contributed by atoms with Crippen molar-refractivity contribution in [2.24, 2.45) is 0 Å². The maximum atomic E-state index is 12.8. The first-order chi connectivity index (χ1) is 6.04. The van der Waals surface area contributed by atoms with Crippen LogP contribution in [-0.4, -0.2) is 31.6 Å². The molecule has 0 spiro atoms. The summed E-state index contributed by atoms with van der Waals surface area (Å²) in [5.74, 6) is -4.95. The summed E-state index contributed by atoms with van der Waals surface area (Å²) < 4.78 is 29.7. The predicted molar refractivity (Wildman–Crippen MR) is 44.6 cm³/mol. The van der Waals surface area contributed by atoms with Gasteiger partial charge >= 0.3 is 11.9 Å². The summed E-state index contributed by atoms with van der Waals surface area (Å²) in [5, 5.41) is 2.35. The van der Waals surface area contributed by atoms with Crippen LogP contribution in [0.4, 0.5) is 8.78 Å². The molecule has 0 aromatic carbocycles. The van der Waals surface area contributed by atoms with Crippen LogP contribution in [0.2, 0.25) is 0 Å². The largest absolute Gasteiger partial charge is 0.462 e. The predicted octanol–water partition coefficient (Wildman–Crippen LogP) is 0.960. The fraction of sp³-hybridized carbons (Fsp3) is 0.625. The van der Waals surface area contributed by atoms with Gasteiger partial charge in [0.15, 0.2) is 0 Å². The minimum atomic E-state index is -3.46. The molecule has 0 atom stereocenters. The third-order valence-corrected chi connectivity index (χ3v) is 1.21. The Morgan fingerprint density at radius 1 is 1.69 bits per heavy atom. The molecule has 0 aliphatic carbocycles. The zero-order valence-corrected chi connectivity index (χ0v) is 7.48. The van der Waals surface area contributed by atoms with E-state index < -0.39 is 18.4 Å². The lowest BCUT2D eigenvalue weighted by molar-refractivity contribution is -0.170. The molecule has 0 aromatic heterocycles. The zero-order chi connectivity index (χ0) is 10.3. The topological polar surface area (TPSA) is 38.3 Å². The van der Waals surface area contributed by atoms with Crippen molar-refractivity contribution in [1.82, 2.24) is 5.32 Å². The molecule has 0 amide bonds. The standard InChI is InChI=1S/C8H13F2NO2/c1-3-5-11-6-8(9,10)7(12)13-4-2/h3,11H,1,4-6H2,2H3. The van der Waals surface area contributed by atoms with Gasteiger partial charge in [-0.05, 0) is 6.92 Å². The summed E-state index contributed by atoms with van der Waals surface area (Å²) in [6.07, 6.45) is 1.43. The number of hydrogen-bond donors (Lipinski definition) is 1. The van der Waals surface area contributed by atoms with Gasteiger partial charge in [-0.2, -0.15) is 8.78 Å². The molecule has 5 heteroatoms. The van der Waals surface area contributed by atoms with Crippen molar-refractivity contribution >= 4 is 5.97 Å². The number of alkyl halides is 2. The molecule has 76 valence electrons. The van der Waals surface area contributed by atoms with E-state index in [0.717, 1.165) is 0 Å². The van der Waals surface area contributed by atoms with Crippen molar-refractivity contribution in [3.05, 3.63) is 12.7 Å². The van der Waals surface area contributed by atoms with E-state index in [4.69, 9.17) is 0 Å². The highest BCUT2D eigenvalue weighted by Crippen LogP contribution is 2.13. The Kier molecular flexibility index (Phi) is 5.22. The molecule has 0 rings (SSSR count). The Morgan fingerprint density at radius 2 is 2.31 bits per heavy atom. The number of esters is 1. The maximum Gasteiger partial charge on any atom is 0.378 e.